The summed E-state index contributed by atoms with van der Waals surface area (Å²) in [7, 11) is 0. The van der Waals surface area contributed by atoms with Crippen LogP contribution < -0.4 is 0 Å². The van der Waals surface area contributed by atoms with E-state index in [9.17, 15) is 5.26 Å². The Morgan fingerprint density at radius 3 is 2.30 bits per heavy atom. The van der Waals surface area contributed by atoms with Gasteiger partial charge in [-0.05, 0) is 54.5 Å². The van der Waals surface area contributed by atoms with Gasteiger partial charge in [0.15, 0.2) is 0 Å². The van der Waals surface area contributed by atoms with E-state index in [1.54, 1.807) is 6.07 Å². The first kappa shape index (κ1) is 20.6. The molecule has 0 saturated carbocycles. The molecule has 0 aliphatic carbocycles. The molecule has 0 N–H and O–H groups in total. The summed E-state index contributed by atoms with van der Waals surface area (Å²) >= 11 is 18.6. The molecule has 4 rings (SSSR count). The Balaban J connectivity index is 1.83. The van der Waals surface area contributed by atoms with E-state index in [0.29, 0.717) is 27.2 Å². The molecule has 0 atom stereocenters. The smallest absolute Gasteiger partial charge is 0.0998 e. The number of hydrogen-bond donors (Lipinski definition) is 0. The van der Waals surface area contributed by atoms with Gasteiger partial charge in [0.2, 0.25) is 0 Å². The van der Waals surface area contributed by atoms with Crippen LogP contribution in [0.3, 0.4) is 0 Å². The Kier molecular flexibility index (Phi) is 5.88. The summed E-state index contributed by atoms with van der Waals surface area (Å²) in [5.74, 6) is 0. The van der Waals surface area contributed by atoms with Gasteiger partial charge >= 0.3 is 0 Å². The second kappa shape index (κ2) is 8.58. The molecule has 0 unspecified atom stereocenters. The maximum atomic E-state index is 9.75. The third kappa shape index (κ3) is 4.40. The molecule has 0 bridgehead atoms. The molecule has 0 radical (unpaired) electrons. The first-order valence-corrected chi connectivity index (χ1v) is 10.5. The first-order chi connectivity index (χ1) is 14.4. The molecule has 0 amide bonds. The van der Waals surface area contributed by atoms with Crippen molar-refractivity contribution in [3.63, 3.8) is 0 Å². The molecule has 1 aromatic heterocycles. The van der Waals surface area contributed by atoms with Crippen molar-refractivity contribution < 1.29 is 0 Å². The molecule has 1 heterocycles. The minimum absolute atomic E-state index is 0.581. The van der Waals surface area contributed by atoms with Crippen molar-refractivity contribution >= 4 is 57.4 Å². The van der Waals surface area contributed by atoms with Gasteiger partial charge in [-0.25, -0.2) is 0 Å². The fourth-order valence-corrected chi connectivity index (χ4v) is 4.24. The fraction of sp³-hybridized carbons (Fsp3) is 0.0800. The quantitative estimate of drug-likeness (QED) is 0.289. The highest BCUT2D eigenvalue weighted by Gasteiger charge is 2.11. The van der Waals surface area contributed by atoms with E-state index in [1.165, 1.54) is 0 Å². The Hall–Kier alpha value is -2.70. The molecule has 3 aromatic carbocycles. The molecule has 4 aromatic rings. The fourth-order valence-electron chi connectivity index (χ4n) is 3.51. The molecule has 0 aliphatic rings. The van der Waals surface area contributed by atoms with Crippen LogP contribution in [0, 0.1) is 18.3 Å². The van der Waals surface area contributed by atoms with E-state index in [0.717, 1.165) is 33.2 Å². The third-order valence-corrected chi connectivity index (χ3v) is 5.60. The topological polar surface area (TPSA) is 28.7 Å². The summed E-state index contributed by atoms with van der Waals surface area (Å²) in [4.78, 5) is 0. The molecule has 0 spiro atoms. The number of benzene rings is 3. The van der Waals surface area contributed by atoms with Crippen LogP contribution in [0.4, 0.5) is 0 Å². The van der Waals surface area contributed by atoms with E-state index >= 15 is 0 Å². The molecule has 0 fully saturated rings. The van der Waals surface area contributed by atoms with Gasteiger partial charge in [0.25, 0.3) is 0 Å². The molecule has 0 saturated heterocycles. The molecular weight excluding hydrogens is 435 g/mol. The van der Waals surface area contributed by atoms with Gasteiger partial charge in [-0.1, -0.05) is 70.7 Å². The van der Waals surface area contributed by atoms with Crippen LogP contribution in [0.25, 0.3) is 22.6 Å². The summed E-state index contributed by atoms with van der Waals surface area (Å²) in [5.41, 5.74) is 5.56. The van der Waals surface area contributed by atoms with Crippen molar-refractivity contribution in [2.45, 2.75) is 13.5 Å². The van der Waals surface area contributed by atoms with Crippen LogP contribution in [0.1, 0.15) is 22.3 Å². The lowest BCUT2D eigenvalue weighted by Gasteiger charge is -2.07. The van der Waals surface area contributed by atoms with Crippen LogP contribution in [0.5, 0.6) is 0 Å². The van der Waals surface area contributed by atoms with Gasteiger partial charge in [0.05, 0.1) is 17.2 Å². The maximum absolute atomic E-state index is 9.75. The minimum Gasteiger partial charge on any atom is -0.342 e. The van der Waals surface area contributed by atoms with E-state index in [-0.39, 0.29) is 0 Å². The van der Waals surface area contributed by atoms with Crippen LogP contribution in [0.2, 0.25) is 15.1 Å². The molecule has 30 heavy (non-hydrogen) atoms. The van der Waals surface area contributed by atoms with Gasteiger partial charge in [-0.2, -0.15) is 5.26 Å². The lowest BCUT2D eigenvalue weighted by atomic mass is 10.0. The average molecular weight is 452 g/mol. The van der Waals surface area contributed by atoms with Crippen molar-refractivity contribution in [3.05, 3.63) is 104 Å². The Bertz CT molecular complexity index is 1290. The maximum Gasteiger partial charge on any atom is 0.0998 e. The Morgan fingerprint density at radius 2 is 1.63 bits per heavy atom. The van der Waals surface area contributed by atoms with Crippen molar-refractivity contribution in [2.75, 3.05) is 0 Å². The molecule has 2 nitrogen and oxygen atoms in total. The van der Waals surface area contributed by atoms with E-state index in [2.05, 4.69) is 10.6 Å². The van der Waals surface area contributed by atoms with Crippen LogP contribution in [-0.2, 0) is 6.54 Å². The van der Waals surface area contributed by atoms with Crippen LogP contribution in [-0.4, -0.2) is 4.57 Å². The zero-order valence-corrected chi connectivity index (χ0v) is 18.4. The van der Waals surface area contributed by atoms with Gasteiger partial charge in [-0.15, -0.1) is 0 Å². The SMILES string of the molecule is Cc1ccc(/C(C#N)=C/c2cn(Cc3cc(Cl)cc(Cl)c3)c3cc(Cl)ccc23)cc1. The van der Waals surface area contributed by atoms with Crippen LogP contribution in [0.15, 0.2) is 66.9 Å². The van der Waals surface area contributed by atoms with E-state index < -0.39 is 0 Å². The number of rotatable bonds is 4. The monoisotopic (exact) mass is 450 g/mol. The van der Waals surface area contributed by atoms with Gasteiger partial charge in [-0.3, -0.25) is 0 Å². The van der Waals surface area contributed by atoms with E-state index in [4.69, 9.17) is 34.8 Å². The Morgan fingerprint density at radius 1 is 0.933 bits per heavy atom. The van der Waals surface area contributed by atoms with Crippen LogP contribution >= 0.6 is 34.8 Å². The van der Waals surface area contributed by atoms with Crippen molar-refractivity contribution in [1.82, 2.24) is 4.57 Å². The molecular formula is C25H17Cl3N2. The standard InChI is InChI=1S/C25H17Cl3N2/c1-16-2-4-18(5-3-16)19(13-29)10-20-15-30(25-12-21(26)6-7-24(20)25)14-17-8-22(27)11-23(28)9-17/h2-12,15H,14H2,1H3/b19-10+. The highest BCUT2D eigenvalue weighted by Crippen LogP contribution is 2.30. The summed E-state index contributed by atoms with van der Waals surface area (Å²) < 4.78 is 2.10. The highest BCUT2D eigenvalue weighted by molar-refractivity contribution is 6.34. The summed E-state index contributed by atoms with van der Waals surface area (Å²) in [6, 6.07) is 21.5. The zero-order chi connectivity index (χ0) is 21.3. The number of allylic oxidation sites excluding steroid dienone is 1. The summed E-state index contributed by atoms with van der Waals surface area (Å²) in [6.45, 7) is 2.61. The second-order valence-corrected chi connectivity index (χ2v) is 8.50. The average Bonchev–Trinajstić information content (AvgIpc) is 3.02. The highest BCUT2D eigenvalue weighted by atomic mass is 35.5. The lowest BCUT2D eigenvalue weighted by Crippen LogP contribution is -1.98. The van der Waals surface area contributed by atoms with Crippen molar-refractivity contribution in [2.24, 2.45) is 0 Å². The number of hydrogen-bond acceptors (Lipinski definition) is 1. The largest absolute Gasteiger partial charge is 0.342 e. The number of nitriles is 1. The summed E-state index contributed by atoms with van der Waals surface area (Å²) in [6.07, 6.45) is 3.95. The van der Waals surface area contributed by atoms with Crippen molar-refractivity contribution in [1.29, 1.82) is 5.26 Å². The van der Waals surface area contributed by atoms with Crippen molar-refractivity contribution in [3.8, 4) is 6.07 Å². The van der Waals surface area contributed by atoms with Gasteiger partial charge in [0.1, 0.15) is 0 Å². The zero-order valence-electron chi connectivity index (χ0n) is 16.2. The minimum atomic E-state index is 0.581. The van der Waals surface area contributed by atoms with E-state index in [1.807, 2.05) is 73.8 Å². The van der Waals surface area contributed by atoms with Gasteiger partial charge < -0.3 is 4.57 Å². The third-order valence-electron chi connectivity index (χ3n) is 4.93. The molecule has 5 heteroatoms. The number of nitrogens with zero attached hydrogens (tertiary/aromatic N) is 2. The number of aromatic nitrogens is 1. The normalized spacial score (nSPS) is 11.6. The number of fused-ring (bicyclic) bond motifs is 1. The molecule has 148 valence electrons. The number of halogens is 3. The summed E-state index contributed by atoms with van der Waals surface area (Å²) in [5, 5.41) is 12.6. The number of aryl methyl sites for hydroxylation is 1. The Labute approximate surface area is 190 Å². The predicted octanol–water partition coefficient (Wildman–Crippen LogP) is 8.02. The molecule has 0 aliphatic heterocycles. The second-order valence-electron chi connectivity index (χ2n) is 7.19. The first-order valence-electron chi connectivity index (χ1n) is 9.35. The lowest BCUT2D eigenvalue weighted by molar-refractivity contribution is 0.836. The predicted molar refractivity (Wildman–Crippen MR) is 127 cm³/mol. The van der Waals surface area contributed by atoms with Gasteiger partial charge in [0, 0.05) is 38.8 Å².